The van der Waals surface area contributed by atoms with Crippen molar-refractivity contribution in [1.82, 2.24) is 15.0 Å². The lowest BCUT2D eigenvalue weighted by Gasteiger charge is -2.19. The maximum atomic E-state index is 9.87. The van der Waals surface area contributed by atoms with E-state index in [-0.39, 0.29) is 0 Å². The molecular weight excluding hydrogens is 635 g/mol. The van der Waals surface area contributed by atoms with Crippen LogP contribution in [0.1, 0.15) is 11.1 Å². The van der Waals surface area contributed by atoms with Crippen molar-refractivity contribution < 1.29 is 0 Å². The van der Waals surface area contributed by atoms with Gasteiger partial charge in [0.25, 0.3) is 0 Å². The number of hydrogen-bond donors (Lipinski definition) is 0. The van der Waals surface area contributed by atoms with Crippen LogP contribution in [0.5, 0.6) is 0 Å². The first kappa shape index (κ1) is 30.6. The lowest BCUT2D eigenvalue weighted by molar-refractivity contribution is 1.30. The number of rotatable bonds is 5. The van der Waals surface area contributed by atoms with Crippen LogP contribution >= 0.6 is 0 Å². The fraction of sp³-hybridized carbons (Fsp3) is 0. The maximum absolute atomic E-state index is 9.87. The molecule has 52 heavy (non-hydrogen) atoms. The van der Waals surface area contributed by atoms with Crippen LogP contribution in [0.2, 0.25) is 0 Å². The summed E-state index contributed by atoms with van der Waals surface area (Å²) in [7, 11) is 0. The summed E-state index contributed by atoms with van der Waals surface area (Å²) in [6.45, 7) is 0. The quantitative estimate of drug-likeness (QED) is 0.171. The van der Waals surface area contributed by atoms with Gasteiger partial charge in [-0.3, -0.25) is 0 Å². The van der Waals surface area contributed by atoms with Crippen molar-refractivity contribution in [2.45, 2.75) is 0 Å². The van der Waals surface area contributed by atoms with Crippen molar-refractivity contribution in [2.24, 2.45) is 0 Å². The summed E-state index contributed by atoms with van der Waals surface area (Å²) < 4.78 is 0. The molecule has 0 radical (unpaired) electrons. The van der Waals surface area contributed by atoms with Gasteiger partial charge in [0.1, 0.15) is 0 Å². The normalized spacial score (nSPS) is 11.0. The summed E-state index contributed by atoms with van der Waals surface area (Å²) >= 11 is 0. The van der Waals surface area contributed by atoms with Crippen LogP contribution in [0.3, 0.4) is 0 Å². The maximum Gasteiger partial charge on any atom is 0.0995 e. The predicted octanol–water partition coefficient (Wildman–Crippen LogP) is 11.4. The van der Waals surface area contributed by atoms with Gasteiger partial charge in [0.2, 0.25) is 0 Å². The fourth-order valence-electron chi connectivity index (χ4n) is 7.15. The van der Waals surface area contributed by atoms with Crippen LogP contribution in [0.15, 0.2) is 164 Å². The molecule has 9 rings (SSSR count). The number of para-hydroxylation sites is 1. The van der Waals surface area contributed by atoms with E-state index in [2.05, 4.69) is 78.9 Å². The Morgan fingerprint density at radius 3 is 1.52 bits per heavy atom. The SMILES string of the molecule is N#Cc1cc(C#N)cc(-c2ccccc2-c2nc3ccccc3c3c(-c4ccccc4)cc4nc(-c5ccccc5)c(-c5ccccc5)nc4c23)c1. The van der Waals surface area contributed by atoms with Gasteiger partial charge in [-0.2, -0.15) is 10.5 Å². The second-order valence-electron chi connectivity index (χ2n) is 12.6. The third kappa shape index (κ3) is 5.22. The largest absolute Gasteiger partial charge is 0.247 e. The molecule has 0 bridgehead atoms. The first-order valence-corrected chi connectivity index (χ1v) is 17.0. The molecule has 0 aliphatic rings. The van der Waals surface area contributed by atoms with Crippen molar-refractivity contribution in [3.63, 3.8) is 0 Å². The first-order valence-electron chi connectivity index (χ1n) is 17.0. The summed E-state index contributed by atoms with van der Waals surface area (Å²) in [5.74, 6) is 0. The van der Waals surface area contributed by atoms with Crippen molar-refractivity contribution in [3.05, 3.63) is 175 Å². The molecule has 0 amide bonds. The lowest BCUT2D eigenvalue weighted by Crippen LogP contribution is -2.00. The average molecular weight is 662 g/mol. The smallest absolute Gasteiger partial charge is 0.0995 e. The molecule has 7 aromatic carbocycles. The molecule has 5 heteroatoms. The third-order valence-corrected chi connectivity index (χ3v) is 9.47. The lowest BCUT2D eigenvalue weighted by atomic mass is 9.88. The highest BCUT2D eigenvalue weighted by molar-refractivity contribution is 6.25. The minimum Gasteiger partial charge on any atom is -0.247 e. The molecule has 0 N–H and O–H groups in total. The molecule has 9 aromatic rings. The third-order valence-electron chi connectivity index (χ3n) is 9.47. The molecular formula is C47H27N5. The molecule has 0 fully saturated rings. The van der Waals surface area contributed by atoms with Crippen LogP contribution in [0, 0.1) is 22.7 Å². The van der Waals surface area contributed by atoms with E-state index >= 15 is 0 Å². The molecule has 5 nitrogen and oxygen atoms in total. The summed E-state index contributed by atoms with van der Waals surface area (Å²) in [5.41, 5.74) is 12.0. The molecule has 240 valence electrons. The highest BCUT2D eigenvalue weighted by atomic mass is 14.8. The molecule has 2 aromatic heterocycles. The first-order chi connectivity index (χ1) is 25.7. The Morgan fingerprint density at radius 1 is 0.365 bits per heavy atom. The van der Waals surface area contributed by atoms with E-state index in [0.717, 1.165) is 88.7 Å². The second-order valence-corrected chi connectivity index (χ2v) is 12.6. The van der Waals surface area contributed by atoms with Crippen molar-refractivity contribution in [1.29, 1.82) is 10.5 Å². The molecule has 2 heterocycles. The zero-order valence-corrected chi connectivity index (χ0v) is 27.8. The van der Waals surface area contributed by atoms with E-state index in [1.165, 1.54) is 0 Å². The topological polar surface area (TPSA) is 86.2 Å². The van der Waals surface area contributed by atoms with Gasteiger partial charge in [0.15, 0.2) is 0 Å². The van der Waals surface area contributed by atoms with Crippen LogP contribution in [-0.2, 0) is 0 Å². The number of nitriles is 2. The monoisotopic (exact) mass is 661 g/mol. The Kier molecular flexibility index (Phi) is 7.51. The van der Waals surface area contributed by atoms with Gasteiger partial charge < -0.3 is 0 Å². The van der Waals surface area contributed by atoms with E-state index in [4.69, 9.17) is 15.0 Å². The molecule has 0 saturated heterocycles. The van der Waals surface area contributed by atoms with E-state index < -0.39 is 0 Å². The van der Waals surface area contributed by atoms with Gasteiger partial charge in [-0.15, -0.1) is 0 Å². The Bertz CT molecular complexity index is 2870. The van der Waals surface area contributed by atoms with Crippen molar-refractivity contribution >= 4 is 32.7 Å². The van der Waals surface area contributed by atoms with Gasteiger partial charge in [-0.05, 0) is 52.6 Å². The van der Waals surface area contributed by atoms with Crippen LogP contribution in [-0.4, -0.2) is 15.0 Å². The summed E-state index contributed by atoms with van der Waals surface area (Å²) in [6, 6.07) is 59.0. The summed E-state index contributed by atoms with van der Waals surface area (Å²) in [4.78, 5) is 16.4. The fourth-order valence-corrected chi connectivity index (χ4v) is 7.15. The Labute approximate surface area is 300 Å². The van der Waals surface area contributed by atoms with E-state index in [1.807, 2.05) is 91.0 Å². The number of aromatic nitrogens is 3. The number of fused-ring (bicyclic) bond motifs is 5. The molecule has 0 aliphatic carbocycles. The molecule has 0 saturated carbocycles. The highest BCUT2D eigenvalue weighted by Gasteiger charge is 2.23. The van der Waals surface area contributed by atoms with Gasteiger partial charge in [0.05, 0.1) is 56.9 Å². The number of benzene rings is 7. The zero-order valence-electron chi connectivity index (χ0n) is 27.8. The number of pyridine rings is 1. The van der Waals surface area contributed by atoms with E-state index in [1.54, 1.807) is 6.07 Å². The van der Waals surface area contributed by atoms with Crippen LogP contribution in [0.25, 0.3) is 88.7 Å². The number of nitrogens with zero attached hydrogens (tertiary/aromatic N) is 5. The Balaban J connectivity index is 1.49. The molecule has 0 aliphatic heterocycles. The minimum absolute atomic E-state index is 0.420. The summed E-state index contributed by atoms with van der Waals surface area (Å²) in [6.07, 6.45) is 0. The van der Waals surface area contributed by atoms with Crippen molar-refractivity contribution in [2.75, 3.05) is 0 Å². The number of hydrogen-bond acceptors (Lipinski definition) is 5. The molecule has 0 unspecified atom stereocenters. The molecule has 0 atom stereocenters. The summed E-state index contributed by atoms with van der Waals surface area (Å²) in [5, 5.41) is 22.7. The predicted molar refractivity (Wildman–Crippen MR) is 209 cm³/mol. The second kappa shape index (κ2) is 12.8. The van der Waals surface area contributed by atoms with Gasteiger partial charge >= 0.3 is 0 Å². The van der Waals surface area contributed by atoms with Gasteiger partial charge in [-0.25, -0.2) is 15.0 Å². The van der Waals surface area contributed by atoms with E-state index in [0.29, 0.717) is 11.1 Å². The standard InChI is InChI=1S/C47H27N5/c48-28-30-24-31(29-49)26-35(25-30)36-20-10-11-21-37(36)46-43-42(38-22-12-13-23-40(38)50-46)39(32-14-4-1-5-15-32)27-41-47(43)52-45(34-18-8-3-9-19-34)44(51-41)33-16-6-2-7-17-33/h1-27H. The van der Waals surface area contributed by atoms with E-state index in [9.17, 15) is 10.5 Å². The van der Waals surface area contributed by atoms with Crippen LogP contribution in [0.4, 0.5) is 0 Å². The molecule has 0 spiro atoms. The average Bonchev–Trinajstić information content (AvgIpc) is 3.23. The Hall–Kier alpha value is -7.47. The van der Waals surface area contributed by atoms with Gasteiger partial charge in [-0.1, -0.05) is 133 Å². The van der Waals surface area contributed by atoms with Crippen LogP contribution < -0.4 is 0 Å². The zero-order chi connectivity index (χ0) is 35.0. The van der Waals surface area contributed by atoms with Crippen molar-refractivity contribution in [3.8, 4) is 68.2 Å². The Morgan fingerprint density at radius 2 is 0.885 bits per heavy atom. The highest BCUT2D eigenvalue weighted by Crippen LogP contribution is 2.45. The van der Waals surface area contributed by atoms with Gasteiger partial charge in [0, 0.05) is 32.8 Å². The minimum atomic E-state index is 0.420.